The largest absolute Gasteiger partial charge is 0.481 e. The molecule has 1 saturated heterocycles. The van der Waals surface area contributed by atoms with Crippen molar-refractivity contribution < 1.29 is 14.2 Å². The lowest BCUT2D eigenvalue weighted by molar-refractivity contribution is 0.173. The van der Waals surface area contributed by atoms with Gasteiger partial charge in [-0.15, -0.1) is 0 Å². The fraction of sp³-hybridized carbons (Fsp3) is 0.381. The lowest BCUT2D eigenvalue weighted by atomic mass is 9.95. The molecule has 0 aliphatic carbocycles. The van der Waals surface area contributed by atoms with Gasteiger partial charge in [-0.25, -0.2) is 4.98 Å². The third-order valence-corrected chi connectivity index (χ3v) is 5.04. The summed E-state index contributed by atoms with van der Waals surface area (Å²) in [6.07, 6.45) is 8.59. The predicted molar refractivity (Wildman–Crippen MR) is 100 cm³/mol. The first-order chi connectivity index (χ1) is 12.8. The van der Waals surface area contributed by atoms with Gasteiger partial charge in [0.2, 0.25) is 12.7 Å². The smallest absolute Gasteiger partial charge is 0.231 e. The molecule has 1 aromatic carbocycles. The minimum atomic E-state index is 0.316. The second-order valence-electron chi connectivity index (χ2n) is 6.73. The Kier molecular flexibility index (Phi) is 5.07. The molecule has 0 atom stereocenters. The molecule has 5 heteroatoms. The molecule has 0 radical (unpaired) electrons. The van der Waals surface area contributed by atoms with Crippen molar-refractivity contribution in [3.63, 3.8) is 0 Å². The zero-order valence-electron chi connectivity index (χ0n) is 15.1. The maximum Gasteiger partial charge on any atom is 0.231 e. The molecule has 2 aromatic rings. The van der Waals surface area contributed by atoms with Crippen molar-refractivity contribution in [3.8, 4) is 17.4 Å². The molecule has 2 aliphatic heterocycles. The van der Waals surface area contributed by atoms with Crippen LogP contribution in [-0.2, 0) is 6.54 Å². The summed E-state index contributed by atoms with van der Waals surface area (Å²) in [7, 11) is 1.68. The lowest BCUT2D eigenvalue weighted by Crippen LogP contribution is -2.32. The topological polar surface area (TPSA) is 43.8 Å². The normalized spacial score (nSPS) is 17.7. The van der Waals surface area contributed by atoms with Gasteiger partial charge in [0.25, 0.3) is 0 Å². The first-order valence-electron chi connectivity index (χ1n) is 9.10. The second kappa shape index (κ2) is 7.79. The van der Waals surface area contributed by atoms with E-state index < -0.39 is 0 Å². The second-order valence-corrected chi connectivity index (χ2v) is 6.73. The number of para-hydroxylation sites is 1. The fourth-order valence-corrected chi connectivity index (χ4v) is 3.60. The van der Waals surface area contributed by atoms with Crippen molar-refractivity contribution in [2.45, 2.75) is 19.4 Å². The van der Waals surface area contributed by atoms with Crippen LogP contribution < -0.4 is 14.2 Å². The number of methoxy groups -OCH3 is 1. The Morgan fingerprint density at radius 3 is 2.92 bits per heavy atom. The molecule has 3 heterocycles. The third kappa shape index (κ3) is 3.68. The standard InChI is InChI=1S/C21H24N2O3/c1-24-21-18(5-3-11-22-21)14-23-12-9-16(10-13-23)7-8-17-4-2-6-19-20(17)26-15-25-19/h2-8,11,16H,9-10,12-15H2,1H3. The van der Waals surface area contributed by atoms with E-state index in [9.17, 15) is 0 Å². The molecule has 0 spiro atoms. The summed E-state index contributed by atoms with van der Waals surface area (Å²) in [6, 6.07) is 10.1. The first kappa shape index (κ1) is 16.9. The number of likely N-dealkylation sites (tertiary alicyclic amines) is 1. The summed E-state index contributed by atoms with van der Waals surface area (Å²) in [6.45, 7) is 3.38. The average Bonchev–Trinajstić information content (AvgIpc) is 3.17. The number of ether oxygens (including phenoxy) is 3. The summed E-state index contributed by atoms with van der Waals surface area (Å²) in [5.41, 5.74) is 2.25. The molecule has 4 rings (SSSR count). The number of fused-ring (bicyclic) bond motifs is 1. The van der Waals surface area contributed by atoms with Gasteiger partial charge < -0.3 is 14.2 Å². The van der Waals surface area contributed by atoms with Crippen LogP contribution >= 0.6 is 0 Å². The Balaban J connectivity index is 1.33. The number of allylic oxidation sites excluding steroid dienone is 1. The number of rotatable bonds is 5. The van der Waals surface area contributed by atoms with E-state index in [0.29, 0.717) is 12.7 Å². The van der Waals surface area contributed by atoms with Crippen molar-refractivity contribution in [1.82, 2.24) is 9.88 Å². The van der Waals surface area contributed by atoms with Crippen molar-refractivity contribution >= 4 is 6.08 Å². The van der Waals surface area contributed by atoms with Gasteiger partial charge in [0.15, 0.2) is 11.5 Å². The van der Waals surface area contributed by atoms with Crippen molar-refractivity contribution in [1.29, 1.82) is 0 Å². The Labute approximate surface area is 154 Å². The van der Waals surface area contributed by atoms with Crippen LogP contribution in [0, 0.1) is 5.92 Å². The van der Waals surface area contributed by atoms with E-state index in [0.717, 1.165) is 61.0 Å². The van der Waals surface area contributed by atoms with Crippen LogP contribution in [0.3, 0.4) is 0 Å². The van der Waals surface area contributed by atoms with Gasteiger partial charge in [-0.3, -0.25) is 4.90 Å². The van der Waals surface area contributed by atoms with E-state index in [-0.39, 0.29) is 0 Å². The number of pyridine rings is 1. The van der Waals surface area contributed by atoms with Crippen molar-refractivity contribution in [2.24, 2.45) is 5.92 Å². The summed E-state index contributed by atoms with van der Waals surface area (Å²) in [5, 5.41) is 0. The predicted octanol–water partition coefficient (Wildman–Crippen LogP) is 3.74. The molecular formula is C21H24N2O3. The molecule has 1 aromatic heterocycles. The molecule has 0 amide bonds. The summed E-state index contributed by atoms with van der Waals surface area (Å²) < 4.78 is 16.4. The quantitative estimate of drug-likeness (QED) is 0.820. The van der Waals surface area contributed by atoms with Crippen LogP contribution in [0.15, 0.2) is 42.6 Å². The average molecular weight is 352 g/mol. The number of piperidine rings is 1. The highest BCUT2D eigenvalue weighted by atomic mass is 16.7. The Hall–Kier alpha value is -2.53. The Morgan fingerprint density at radius 2 is 2.08 bits per heavy atom. The van der Waals surface area contributed by atoms with E-state index in [1.165, 1.54) is 0 Å². The SMILES string of the molecule is COc1ncccc1CN1CCC(C=Cc2cccc3c2OCO3)CC1. The van der Waals surface area contributed by atoms with Gasteiger partial charge in [-0.05, 0) is 44.0 Å². The molecule has 1 fully saturated rings. The van der Waals surface area contributed by atoms with Gasteiger partial charge in [-0.2, -0.15) is 0 Å². The van der Waals surface area contributed by atoms with E-state index in [4.69, 9.17) is 14.2 Å². The van der Waals surface area contributed by atoms with Gasteiger partial charge in [-0.1, -0.05) is 30.4 Å². The van der Waals surface area contributed by atoms with Crippen molar-refractivity contribution in [3.05, 3.63) is 53.7 Å². The van der Waals surface area contributed by atoms with E-state index in [2.05, 4.69) is 34.2 Å². The molecule has 0 saturated carbocycles. The molecule has 26 heavy (non-hydrogen) atoms. The van der Waals surface area contributed by atoms with E-state index >= 15 is 0 Å². The maximum absolute atomic E-state index is 5.58. The minimum absolute atomic E-state index is 0.316. The van der Waals surface area contributed by atoms with Crippen LogP contribution in [0.25, 0.3) is 6.08 Å². The maximum atomic E-state index is 5.58. The Morgan fingerprint density at radius 1 is 1.19 bits per heavy atom. The van der Waals surface area contributed by atoms with Crippen LogP contribution in [-0.4, -0.2) is 36.9 Å². The first-order valence-corrected chi connectivity index (χ1v) is 9.10. The van der Waals surface area contributed by atoms with Crippen LogP contribution in [0.5, 0.6) is 17.4 Å². The number of hydrogen-bond acceptors (Lipinski definition) is 5. The minimum Gasteiger partial charge on any atom is -0.481 e. The molecule has 2 aliphatic rings. The molecule has 0 bridgehead atoms. The molecule has 5 nitrogen and oxygen atoms in total. The lowest BCUT2D eigenvalue weighted by Gasteiger charge is -2.30. The summed E-state index contributed by atoms with van der Waals surface area (Å²) >= 11 is 0. The monoisotopic (exact) mass is 352 g/mol. The highest BCUT2D eigenvalue weighted by Crippen LogP contribution is 2.36. The number of nitrogens with zero attached hydrogens (tertiary/aromatic N) is 2. The number of aromatic nitrogens is 1. The van der Waals surface area contributed by atoms with Gasteiger partial charge in [0.05, 0.1) is 7.11 Å². The highest BCUT2D eigenvalue weighted by Gasteiger charge is 2.20. The highest BCUT2D eigenvalue weighted by molar-refractivity contribution is 5.63. The molecule has 0 N–H and O–H groups in total. The zero-order chi connectivity index (χ0) is 17.8. The van der Waals surface area contributed by atoms with E-state index in [1.54, 1.807) is 13.3 Å². The van der Waals surface area contributed by atoms with Gasteiger partial charge in [0, 0.05) is 23.9 Å². The molecule has 0 unspecified atom stereocenters. The Bertz CT molecular complexity index is 783. The fourth-order valence-electron chi connectivity index (χ4n) is 3.60. The summed E-state index contributed by atoms with van der Waals surface area (Å²) in [5.74, 6) is 3.03. The van der Waals surface area contributed by atoms with Crippen LogP contribution in [0.4, 0.5) is 0 Å². The number of hydrogen-bond donors (Lipinski definition) is 0. The molecule has 136 valence electrons. The molecular weight excluding hydrogens is 328 g/mol. The number of benzene rings is 1. The third-order valence-electron chi connectivity index (χ3n) is 5.04. The van der Waals surface area contributed by atoms with Crippen molar-refractivity contribution in [2.75, 3.05) is 27.0 Å². The van der Waals surface area contributed by atoms with Crippen LogP contribution in [0.2, 0.25) is 0 Å². The van der Waals surface area contributed by atoms with Gasteiger partial charge >= 0.3 is 0 Å². The van der Waals surface area contributed by atoms with E-state index in [1.807, 2.05) is 18.2 Å². The summed E-state index contributed by atoms with van der Waals surface area (Å²) in [4.78, 5) is 6.76. The zero-order valence-corrected chi connectivity index (χ0v) is 15.1. The van der Waals surface area contributed by atoms with Gasteiger partial charge in [0.1, 0.15) is 0 Å². The van der Waals surface area contributed by atoms with Crippen LogP contribution in [0.1, 0.15) is 24.0 Å².